The van der Waals surface area contributed by atoms with Crippen molar-refractivity contribution in [3.63, 3.8) is 0 Å². The van der Waals surface area contributed by atoms with E-state index in [4.69, 9.17) is 0 Å². The molecule has 5 N–H and O–H groups in total. The monoisotopic (exact) mass is 466 g/mol. The first-order valence-electron chi connectivity index (χ1n) is 12.1. The molecule has 0 saturated carbocycles. The van der Waals surface area contributed by atoms with Crippen molar-refractivity contribution in [2.45, 2.75) is 69.3 Å². The predicted octanol–water partition coefficient (Wildman–Crippen LogP) is 1.32. The molecule has 0 amide bonds. The summed E-state index contributed by atoms with van der Waals surface area (Å²) in [5.41, 5.74) is 1.56. The Morgan fingerprint density at radius 3 is 2.45 bits per heavy atom. The zero-order valence-corrected chi connectivity index (χ0v) is 19.2. The van der Waals surface area contributed by atoms with Gasteiger partial charge in [0.2, 0.25) is 0 Å². The van der Waals surface area contributed by atoms with Gasteiger partial charge in [-0.15, -0.1) is 0 Å². The second-order valence-electron chi connectivity index (χ2n) is 9.14. The van der Waals surface area contributed by atoms with E-state index in [-0.39, 0.29) is 23.8 Å². The number of unbranched alkanes of at least 4 members (excludes halogenated alkanes) is 3. The first kappa shape index (κ1) is 25.6. The van der Waals surface area contributed by atoms with Gasteiger partial charge in [0.25, 0.3) is 5.69 Å². The van der Waals surface area contributed by atoms with E-state index in [1.807, 2.05) is 11.0 Å². The van der Waals surface area contributed by atoms with E-state index in [0.29, 0.717) is 18.8 Å². The highest BCUT2D eigenvalue weighted by Gasteiger charge is 2.40. The smallest absolute Gasteiger partial charge is 0.294 e. The lowest BCUT2D eigenvalue weighted by molar-refractivity contribution is -0.383. The molecule has 2 saturated heterocycles. The Morgan fingerprint density at radius 2 is 1.76 bits per heavy atom. The van der Waals surface area contributed by atoms with Crippen LogP contribution in [0.4, 0.5) is 17.1 Å². The molecule has 2 aliphatic heterocycles. The molecule has 0 unspecified atom stereocenters. The molecule has 0 radical (unpaired) electrons. The SMILES string of the molecule is O=[N+]([O-])c1cc(N2CCCCC2)ccc1NCCCCCCN1C[C@H](O)[C@@H](O)[C@H](O)[C@H]1CO. The Balaban J connectivity index is 1.39. The number of anilines is 2. The number of rotatable bonds is 11. The third-order valence-corrected chi connectivity index (χ3v) is 6.80. The van der Waals surface area contributed by atoms with Crippen molar-refractivity contribution in [2.24, 2.45) is 0 Å². The Morgan fingerprint density at radius 1 is 1.03 bits per heavy atom. The quantitative estimate of drug-likeness (QED) is 0.185. The molecule has 10 heteroatoms. The first-order chi connectivity index (χ1) is 15.9. The molecule has 1 aromatic carbocycles. The predicted molar refractivity (Wildman–Crippen MR) is 127 cm³/mol. The van der Waals surface area contributed by atoms with Gasteiger partial charge in [-0.05, 0) is 50.8 Å². The number of nitro groups is 1. The first-order valence-corrected chi connectivity index (χ1v) is 12.1. The fourth-order valence-corrected chi connectivity index (χ4v) is 4.82. The van der Waals surface area contributed by atoms with Gasteiger partial charge in [0.05, 0.1) is 23.7 Å². The zero-order chi connectivity index (χ0) is 23.8. The Kier molecular flexibility index (Phi) is 9.69. The van der Waals surface area contributed by atoms with Crippen molar-refractivity contribution >= 4 is 17.1 Å². The number of hydrogen-bond donors (Lipinski definition) is 5. The molecule has 3 rings (SSSR count). The van der Waals surface area contributed by atoms with E-state index in [1.165, 1.54) is 6.42 Å². The molecule has 1 aromatic rings. The van der Waals surface area contributed by atoms with E-state index in [0.717, 1.165) is 57.3 Å². The van der Waals surface area contributed by atoms with E-state index < -0.39 is 24.4 Å². The minimum atomic E-state index is -1.23. The number of β-amino-alcohol motifs (C(OH)–C–C–N with tert-alkyl or cyclic N) is 1. The molecular weight excluding hydrogens is 428 g/mol. The highest BCUT2D eigenvalue weighted by molar-refractivity contribution is 5.68. The van der Waals surface area contributed by atoms with E-state index in [2.05, 4.69) is 10.2 Å². The number of nitro benzene ring substituents is 1. The van der Waals surface area contributed by atoms with E-state index in [1.54, 1.807) is 12.1 Å². The van der Waals surface area contributed by atoms with Crippen LogP contribution in [0, 0.1) is 10.1 Å². The molecule has 0 bridgehead atoms. The lowest BCUT2D eigenvalue weighted by atomic mass is 9.94. The van der Waals surface area contributed by atoms with Crippen LogP contribution in [-0.2, 0) is 0 Å². The average molecular weight is 467 g/mol. The molecule has 0 aromatic heterocycles. The third kappa shape index (κ3) is 6.77. The summed E-state index contributed by atoms with van der Waals surface area (Å²) in [7, 11) is 0. The number of benzene rings is 1. The summed E-state index contributed by atoms with van der Waals surface area (Å²) in [5.74, 6) is 0. The maximum absolute atomic E-state index is 11.6. The van der Waals surface area contributed by atoms with Crippen molar-refractivity contribution in [1.29, 1.82) is 0 Å². The standard InChI is InChI=1S/C23H38N4O6/c28-16-20-22(30)23(31)21(29)15-26(20)13-5-2-1-4-10-24-18-9-8-17(14-19(18)27(32)33)25-11-6-3-7-12-25/h8-9,14,20-24,28-31H,1-7,10-13,15-16H2/t20-,21+,22-,23-/m1/s1. The molecule has 10 nitrogen and oxygen atoms in total. The van der Waals surface area contributed by atoms with Crippen LogP contribution in [0.15, 0.2) is 18.2 Å². The maximum atomic E-state index is 11.6. The van der Waals surface area contributed by atoms with Gasteiger partial charge in [-0.3, -0.25) is 15.0 Å². The number of likely N-dealkylation sites (tertiary alicyclic amines) is 1. The number of aliphatic hydroxyl groups excluding tert-OH is 4. The number of nitrogens with one attached hydrogen (secondary N) is 1. The van der Waals surface area contributed by atoms with Gasteiger partial charge >= 0.3 is 0 Å². The van der Waals surface area contributed by atoms with Crippen molar-refractivity contribution < 1.29 is 25.3 Å². The van der Waals surface area contributed by atoms with Gasteiger partial charge in [-0.1, -0.05) is 12.8 Å². The van der Waals surface area contributed by atoms with Crippen molar-refractivity contribution in [1.82, 2.24) is 4.90 Å². The topological polar surface area (TPSA) is 143 Å². The molecular formula is C23H38N4O6. The maximum Gasteiger partial charge on any atom is 0.294 e. The van der Waals surface area contributed by atoms with Gasteiger partial charge in [0, 0.05) is 37.9 Å². The molecule has 2 aliphatic rings. The van der Waals surface area contributed by atoms with Crippen molar-refractivity contribution in [3.8, 4) is 0 Å². The Hall–Kier alpha value is -1.98. The molecule has 4 atom stereocenters. The summed E-state index contributed by atoms with van der Waals surface area (Å²) in [6.45, 7) is 3.09. The number of piperidine rings is 2. The second kappa shape index (κ2) is 12.5. The molecule has 0 spiro atoms. The van der Waals surface area contributed by atoms with Gasteiger partial charge in [0.1, 0.15) is 17.9 Å². The Bertz CT molecular complexity index is 760. The van der Waals surface area contributed by atoms with Crippen LogP contribution in [0.1, 0.15) is 44.9 Å². The number of hydrogen-bond acceptors (Lipinski definition) is 9. The zero-order valence-electron chi connectivity index (χ0n) is 19.2. The number of aliphatic hydroxyl groups is 4. The minimum absolute atomic E-state index is 0.109. The fourth-order valence-electron chi connectivity index (χ4n) is 4.82. The van der Waals surface area contributed by atoms with E-state index in [9.17, 15) is 30.5 Å². The average Bonchev–Trinajstić information content (AvgIpc) is 2.82. The normalized spacial score (nSPS) is 26.4. The summed E-state index contributed by atoms with van der Waals surface area (Å²) in [5, 5.41) is 54.0. The minimum Gasteiger partial charge on any atom is -0.395 e. The van der Waals surface area contributed by atoms with E-state index >= 15 is 0 Å². The van der Waals surface area contributed by atoms with Gasteiger partial charge in [-0.25, -0.2) is 0 Å². The highest BCUT2D eigenvalue weighted by atomic mass is 16.6. The summed E-state index contributed by atoms with van der Waals surface area (Å²) >= 11 is 0. The van der Waals surface area contributed by atoms with Gasteiger partial charge < -0.3 is 30.6 Å². The molecule has 0 aliphatic carbocycles. The highest BCUT2D eigenvalue weighted by Crippen LogP contribution is 2.31. The summed E-state index contributed by atoms with van der Waals surface area (Å²) < 4.78 is 0. The number of nitrogens with zero attached hydrogens (tertiary/aromatic N) is 3. The van der Waals surface area contributed by atoms with Crippen LogP contribution in [0.3, 0.4) is 0 Å². The summed E-state index contributed by atoms with van der Waals surface area (Å²) in [6.07, 6.45) is 3.57. The van der Waals surface area contributed by atoms with Crippen LogP contribution < -0.4 is 10.2 Å². The third-order valence-electron chi connectivity index (χ3n) is 6.80. The lowest BCUT2D eigenvalue weighted by Gasteiger charge is -2.43. The Labute approximate surface area is 195 Å². The summed E-state index contributed by atoms with van der Waals surface area (Å²) in [6, 6.07) is 4.86. The van der Waals surface area contributed by atoms with Gasteiger partial charge in [0.15, 0.2) is 0 Å². The van der Waals surface area contributed by atoms with Crippen molar-refractivity contribution in [3.05, 3.63) is 28.3 Å². The largest absolute Gasteiger partial charge is 0.395 e. The molecule has 186 valence electrons. The lowest BCUT2D eigenvalue weighted by Crippen LogP contribution is -2.62. The fraction of sp³-hybridized carbons (Fsp3) is 0.739. The van der Waals surface area contributed by atoms with Crippen molar-refractivity contribution in [2.75, 3.05) is 49.5 Å². The summed E-state index contributed by atoms with van der Waals surface area (Å²) in [4.78, 5) is 15.3. The molecule has 2 heterocycles. The van der Waals surface area contributed by atoms with Gasteiger partial charge in [-0.2, -0.15) is 0 Å². The van der Waals surface area contributed by atoms with Crippen LogP contribution in [0.5, 0.6) is 0 Å². The molecule has 33 heavy (non-hydrogen) atoms. The second-order valence-corrected chi connectivity index (χ2v) is 9.14. The van der Waals surface area contributed by atoms with Crippen LogP contribution in [-0.4, -0.2) is 93.9 Å². The molecule has 2 fully saturated rings. The van der Waals surface area contributed by atoms with Crippen LogP contribution >= 0.6 is 0 Å². The van der Waals surface area contributed by atoms with Crippen LogP contribution in [0.25, 0.3) is 0 Å². The van der Waals surface area contributed by atoms with Crippen LogP contribution in [0.2, 0.25) is 0 Å².